The Morgan fingerprint density at radius 3 is 3.21 bits per heavy atom. The first-order valence-electron chi connectivity index (χ1n) is 6.53. The highest BCUT2D eigenvalue weighted by molar-refractivity contribution is 7.09. The molecule has 2 aromatic heterocycles. The van der Waals surface area contributed by atoms with E-state index < -0.39 is 0 Å². The molecule has 0 N–H and O–H groups in total. The second-order valence-corrected chi connectivity index (χ2v) is 5.82. The van der Waals surface area contributed by atoms with Gasteiger partial charge in [-0.2, -0.15) is 0 Å². The summed E-state index contributed by atoms with van der Waals surface area (Å²) in [6, 6.07) is 4.31. The van der Waals surface area contributed by atoms with Gasteiger partial charge in [-0.3, -0.25) is 4.90 Å². The standard InChI is InChI=1S/C13H18N4OS/c1-16-10-14-15-13(16)12-9-17(6-7-18-12)5-4-11-3-2-8-19-11/h2-3,8,10,12H,4-7,9H2,1H3. The van der Waals surface area contributed by atoms with Gasteiger partial charge in [-0.25, -0.2) is 0 Å². The molecule has 0 spiro atoms. The van der Waals surface area contributed by atoms with Gasteiger partial charge in [-0.05, 0) is 17.9 Å². The first-order valence-corrected chi connectivity index (χ1v) is 7.41. The average molecular weight is 278 g/mol. The van der Waals surface area contributed by atoms with Crippen molar-refractivity contribution in [2.45, 2.75) is 12.5 Å². The third-order valence-electron chi connectivity index (χ3n) is 3.44. The molecule has 5 nitrogen and oxygen atoms in total. The van der Waals surface area contributed by atoms with Crippen molar-refractivity contribution in [2.24, 2.45) is 7.05 Å². The number of hydrogen-bond acceptors (Lipinski definition) is 5. The van der Waals surface area contributed by atoms with Gasteiger partial charge in [-0.15, -0.1) is 21.5 Å². The number of morpholine rings is 1. The second kappa shape index (κ2) is 5.81. The van der Waals surface area contributed by atoms with Crippen LogP contribution in [0.3, 0.4) is 0 Å². The predicted molar refractivity (Wildman–Crippen MR) is 74.2 cm³/mol. The molecule has 1 fully saturated rings. The summed E-state index contributed by atoms with van der Waals surface area (Å²) in [4.78, 5) is 3.89. The van der Waals surface area contributed by atoms with E-state index in [1.165, 1.54) is 4.88 Å². The highest BCUT2D eigenvalue weighted by Crippen LogP contribution is 2.20. The van der Waals surface area contributed by atoms with Crippen LogP contribution in [0.15, 0.2) is 23.8 Å². The molecular weight excluding hydrogens is 260 g/mol. The minimum atomic E-state index is 0.0459. The first-order chi connectivity index (χ1) is 9.33. The zero-order chi connectivity index (χ0) is 13.1. The van der Waals surface area contributed by atoms with Crippen LogP contribution in [0.4, 0.5) is 0 Å². The summed E-state index contributed by atoms with van der Waals surface area (Å²) in [5.41, 5.74) is 0. The molecule has 0 radical (unpaired) electrons. The number of hydrogen-bond donors (Lipinski definition) is 0. The van der Waals surface area contributed by atoms with Crippen molar-refractivity contribution >= 4 is 11.3 Å². The van der Waals surface area contributed by atoms with E-state index in [1.54, 1.807) is 6.33 Å². The summed E-state index contributed by atoms with van der Waals surface area (Å²) in [7, 11) is 1.96. The number of aryl methyl sites for hydroxylation is 1. The summed E-state index contributed by atoms with van der Waals surface area (Å²) >= 11 is 1.83. The van der Waals surface area contributed by atoms with Gasteiger partial charge in [0, 0.05) is 31.6 Å². The van der Waals surface area contributed by atoms with Crippen molar-refractivity contribution in [3.05, 3.63) is 34.5 Å². The molecule has 0 aromatic carbocycles. The molecule has 0 aliphatic carbocycles. The number of thiophene rings is 1. The Balaban J connectivity index is 1.57. The van der Waals surface area contributed by atoms with E-state index in [1.807, 2.05) is 23.0 Å². The first kappa shape index (κ1) is 12.8. The van der Waals surface area contributed by atoms with Crippen molar-refractivity contribution in [2.75, 3.05) is 26.2 Å². The van der Waals surface area contributed by atoms with Gasteiger partial charge in [0.05, 0.1) is 6.61 Å². The van der Waals surface area contributed by atoms with Crippen molar-refractivity contribution in [3.8, 4) is 0 Å². The van der Waals surface area contributed by atoms with Crippen molar-refractivity contribution in [1.82, 2.24) is 19.7 Å². The molecule has 1 aliphatic heterocycles. The largest absolute Gasteiger partial charge is 0.368 e. The summed E-state index contributed by atoms with van der Waals surface area (Å²) in [6.07, 6.45) is 2.89. The normalized spacial score (nSPS) is 20.8. The monoisotopic (exact) mass is 278 g/mol. The summed E-state index contributed by atoms with van der Waals surface area (Å²) in [5, 5.41) is 10.2. The van der Waals surface area contributed by atoms with E-state index in [0.717, 1.165) is 38.5 Å². The van der Waals surface area contributed by atoms with Crippen molar-refractivity contribution in [3.63, 3.8) is 0 Å². The zero-order valence-corrected chi connectivity index (χ0v) is 11.8. The third kappa shape index (κ3) is 3.02. The van der Waals surface area contributed by atoms with Crippen LogP contribution in [0, 0.1) is 0 Å². The second-order valence-electron chi connectivity index (χ2n) is 4.79. The summed E-state index contributed by atoms with van der Waals surface area (Å²) < 4.78 is 7.75. The highest BCUT2D eigenvalue weighted by atomic mass is 32.1. The van der Waals surface area contributed by atoms with Gasteiger partial charge in [0.1, 0.15) is 12.4 Å². The molecule has 3 rings (SSSR count). The van der Waals surface area contributed by atoms with Gasteiger partial charge in [0.15, 0.2) is 5.82 Å². The summed E-state index contributed by atoms with van der Waals surface area (Å²) in [6.45, 7) is 3.75. The number of ether oxygens (including phenoxy) is 1. The molecule has 1 unspecified atom stereocenters. The van der Waals surface area contributed by atoms with Crippen LogP contribution in [0.2, 0.25) is 0 Å². The molecule has 0 saturated carbocycles. The fraction of sp³-hybridized carbons (Fsp3) is 0.538. The molecule has 1 saturated heterocycles. The lowest BCUT2D eigenvalue weighted by molar-refractivity contribution is -0.0352. The molecule has 19 heavy (non-hydrogen) atoms. The fourth-order valence-electron chi connectivity index (χ4n) is 2.37. The van der Waals surface area contributed by atoms with Crippen molar-refractivity contribution < 1.29 is 4.74 Å². The minimum Gasteiger partial charge on any atom is -0.368 e. The van der Waals surface area contributed by atoms with Crippen LogP contribution in [-0.4, -0.2) is 45.9 Å². The Bertz CT molecular complexity index is 510. The predicted octanol–water partition coefficient (Wildman–Crippen LogP) is 1.49. The molecule has 3 heterocycles. The molecule has 6 heteroatoms. The maximum atomic E-state index is 5.81. The van der Waals surface area contributed by atoms with E-state index in [2.05, 4.69) is 32.6 Å². The van der Waals surface area contributed by atoms with Crippen LogP contribution in [0.25, 0.3) is 0 Å². The van der Waals surface area contributed by atoms with E-state index in [0.29, 0.717) is 0 Å². The van der Waals surface area contributed by atoms with E-state index >= 15 is 0 Å². The van der Waals surface area contributed by atoms with Crippen LogP contribution in [0.1, 0.15) is 16.8 Å². The third-order valence-corrected chi connectivity index (χ3v) is 4.38. The Labute approximate surface area is 116 Å². The Hall–Kier alpha value is -1.24. The lowest BCUT2D eigenvalue weighted by Crippen LogP contribution is -2.40. The lowest BCUT2D eigenvalue weighted by atomic mass is 10.2. The van der Waals surface area contributed by atoms with Crippen LogP contribution in [-0.2, 0) is 18.2 Å². The average Bonchev–Trinajstić information content (AvgIpc) is 3.08. The van der Waals surface area contributed by atoms with Gasteiger partial charge in [0.25, 0.3) is 0 Å². The Kier molecular flexibility index (Phi) is 3.91. The van der Waals surface area contributed by atoms with Crippen LogP contribution in [0.5, 0.6) is 0 Å². The number of aromatic nitrogens is 3. The highest BCUT2D eigenvalue weighted by Gasteiger charge is 2.25. The van der Waals surface area contributed by atoms with Gasteiger partial charge >= 0.3 is 0 Å². The van der Waals surface area contributed by atoms with Gasteiger partial charge in [0.2, 0.25) is 0 Å². The smallest absolute Gasteiger partial charge is 0.163 e. The zero-order valence-electron chi connectivity index (χ0n) is 11.0. The topological polar surface area (TPSA) is 43.2 Å². The van der Waals surface area contributed by atoms with Gasteiger partial charge in [-0.1, -0.05) is 6.07 Å². The molecule has 2 aromatic rings. The maximum absolute atomic E-state index is 5.81. The number of rotatable bonds is 4. The van der Waals surface area contributed by atoms with E-state index in [4.69, 9.17) is 4.74 Å². The molecule has 1 atom stereocenters. The van der Waals surface area contributed by atoms with Crippen LogP contribution < -0.4 is 0 Å². The molecule has 0 bridgehead atoms. The van der Waals surface area contributed by atoms with E-state index in [-0.39, 0.29) is 6.10 Å². The maximum Gasteiger partial charge on any atom is 0.163 e. The van der Waals surface area contributed by atoms with Crippen molar-refractivity contribution in [1.29, 1.82) is 0 Å². The molecule has 102 valence electrons. The van der Waals surface area contributed by atoms with Crippen LogP contribution >= 0.6 is 11.3 Å². The molecular formula is C13H18N4OS. The minimum absolute atomic E-state index is 0.0459. The lowest BCUT2D eigenvalue weighted by Gasteiger charge is -2.32. The molecule has 0 amide bonds. The SMILES string of the molecule is Cn1cnnc1C1CN(CCc2cccs2)CCO1. The quantitative estimate of drug-likeness (QED) is 0.850. The summed E-state index contributed by atoms with van der Waals surface area (Å²) in [5.74, 6) is 0.917. The Morgan fingerprint density at radius 2 is 2.47 bits per heavy atom. The fourth-order valence-corrected chi connectivity index (χ4v) is 3.07. The number of nitrogens with zero attached hydrogens (tertiary/aromatic N) is 4. The van der Waals surface area contributed by atoms with Gasteiger partial charge < -0.3 is 9.30 Å². The molecule has 1 aliphatic rings. The Morgan fingerprint density at radius 1 is 1.53 bits per heavy atom. The van der Waals surface area contributed by atoms with E-state index in [9.17, 15) is 0 Å².